The van der Waals surface area contributed by atoms with Crippen molar-refractivity contribution in [3.05, 3.63) is 59.6 Å². The van der Waals surface area contributed by atoms with Crippen LogP contribution in [-0.2, 0) is 12.3 Å². The second-order valence-corrected chi connectivity index (χ2v) is 7.08. The molecule has 0 spiro atoms. The van der Waals surface area contributed by atoms with Crippen LogP contribution < -0.4 is 10.2 Å². The topological polar surface area (TPSA) is 84.4 Å². The number of nitrogens with one attached hydrogen (secondary N) is 1. The summed E-state index contributed by atoms with van der Waals surface area (Å²) in [7, 11) is 0. The summed E-state index contributed by atoms with van der Waals surface area (Å²) in [5, 5.41) is 3.46. The second kappa shape index (κ2) is 9.45. The van der Waals surface area contributed by atoms with Crippen molar-refractivity contribution in [2.24, 2.45) is 0 Å². The molecule has 3 aromatic rings. The highest BCUT2D eigenvalue weighted by Crippen LogP contribution is 2.23. The Morgan fingerprint density at radius 1 is 1.18 bits per heavy atom. The van der Waals surface area contributed by atoms with Gasteiger partial charge in [-0.3, -0.25) is 4.79 Å². The third-order valence-electron chi connectivity index (χ3n) is 4.14. The van der Waals surface area contributed by atoms with Gasteiger partial charge in [-0.05, 0) is 45.0 Å². The van der Waals surface area contributed by atoms with Crippen LogP contribution in [0.25, 0.3) is 0 Å². The van der Waals surface area contributed by atoms with E-state index >= 15 is 0 Å². The van der Waals surface area contributed by atoms with Crippen LogP contribution in [0.2, 0.25) is 0 Å². The van der Waals surface area contributed by atoms with Gasteiger partial charge in [0.05, 0.1) is 18.6 Å². The molecule has 0 atom stereocenters. The van der Waals surface area contributed by atoms with Crippen molar-refractivity contribution in [3.63, 3.8) is 0 Å². The van der Waals surface area contributed by atoms with Gasteiger partial charge in [-0.25, -0.2) is 9.97 Å². The quantitative estimate of drug-likeness (QED) is 0.429. The van der Waals surface area contributed by atoms with Gasteiger partial charge in [0.15, 0.2) is 10.9 Å². The van der Waals surface area contributed by atoms with Gasteiger partial charge in [0.25, 0.3) is 5.91 Å². The number of rotatable bonds is 9. The van der Waals surface area contributed by atoms with Gasteiger partial charge in [0.1, 0.15) is 17.3 Å². The molecule has 0 aromatic carbocycles. The molecule has 0 saturated heterocycles. The Hall–Kier alpha value is -2.74. The smallest absolute Gasteiger partial charge is 0.287 e. The van der Waals surface area contributed by atoms with Crippen LogP contribution in [0.5, 0.6) is 0 Å². The molecular formula is C20H24N4O3S. The highest BCUT2D eigenvalue weighted by molar-refractivity contribution is 7.98. The van der Waals surface area contributed by atoms with Gasteiger partial charge in [0, 0.05) is 24.8 Å². The van der Waals surface area contributed by atoms with Gasteiger partial charge in [-0.2, -0.15) is 0 Å². The van der Waals surface area contributed by atoms with Gasteiger partial charge in [-0.15, -0.1) is 0 Å². The third-order valence-corrected chi connectivity index (χ3v) is 5.01. The highest BCUT2D eigenvalue weighted by atomic mass is 32.2. The first-order chi connectivity index (χ1) is 13.6. The van der Waals surface area contributed by atoms with E-state index in [9.17, 15) is 4.79 Å². The van der Waals surface area contributed by atoms with Gasteiger partial charge >= 0.3 is 0 Å². The molecule has 8 heteroatoms. The maximum absolute atomic E-state index is 12.2. The molecule has 0 unspecified atom stereocenters. The summed E-state index contributed by atoms with van der Waals surface area (Å²) in [5.74, 6) is 2.86. The third kappa shape index (κ3) is 5.16. The summed E-state index contributed by atoms with van der Waals surface area (Å²) in [5.41, 5.74) is 0.928. The number of nitrogens with zero attached hydrogens (tertiary/aromatic N) is 3. The van der Waals surface area contributed by atoms with Crippen molar-refractivity contribution in [2.45, 2.75) is 38.2 Å². The number of carbonyl (C=O) groups excluding carboxylic acids is 1. The average molecular weight is 401 g/mol. The highest BCUT2D eigenvalue weighted by Gasteiger charge is 2.13. The predicted molar refractivity (Wildman–Crippen MR) is 108 cm³/mol. The van der Waals surface area contributed by atoms with E-state index in [4.69, 9.17) is 8.83 Å². The van der Waals surface area contributed by atoms with Gasteiger partial charge < -0.3 is 19.1 Å². The molecule has 3 aromatic heterocycles. The number of hydrogen-bond donors (Lipinski definition) is 1. The molecule has 1 amide bonds. The molecule has 0 aliphatic heterocycles. The van der Waals surface area contributed by atoms with E-state index < -0.39 is 0 Å². The Bertz CT molecular complexity index is 904. The number of anilines is 1. The van der Waals surface area contributed by atoms with Crippen LogP contribution in [0, 0.1) is 6.92 Å². The first-order valence-corrected chi connectivity index (χ1v) is 10.2. The van der Waals surface area contributed by atoms with Crippen molar-refractivity contribution in [3.8, 4) is 0 Å². The SMILES string of the molecule is CCN(CC)c1cc(C)nc(SCc2ccc(C(=O)NCc3ccco3)o2)n1. The van der Waals surface area contributed by atoms with E-state index in [-0.39, 0.29) is 11.7 Å². The molecule has 0 saturated carbocycles. The molecule has 7 nitrogen and oxygen atoms in total. The number of amides is 1. The second-order valence-electron chi connectivity index (χ2n) is 6.14. The molecule has 0 aliphatic carbocycles. The molecule has 3 rings (SSSR count). The van der Waals surface area contributed by atoms with Crippen LogP contribution in [0.15, 0.2) is 50.6 Å². The fraction of sp³-hybridized carbons (Fsp3) is 0.350. The largest absolute Gasteiger partial charge is 0.467 e. The van der Waals surface area contributed by atoms with E-state index in [1.54, 1.807) is 30.5 Å². The maximum atomic E-state index is 12.2. The van der Waals surface area contributed by atoms with Crippen molar-refractivity contribution >= 4 is 23.5 Å². The van der Waals surface area contributed by atoms with Crippen LogP contribution in [-0.4, -0.2) is 29.0 Å². The zero-order chi connectivity index (χ0) is 19.9. The molecular weight excluding hydrogens is 376 g/mol. The van der Waals surface area contributed by atoms with Gasteiger partial charge in [0.2, 0.25) is 0 Å². The standard InChI is InChI=1S/C20H24N4O3S/c1-4-24(5-2)18-11-14(3)22-20(23-18)28-13-16-8-9-17(27-16)19(25)21-12-15-7-6-10-26-15/h6-11H,4-5,12-13H2,1-3H3,(H,21,25). The number of aromatic nitrogens is 2. The molecule has 0 radical (unpaired) electrons. The van der Waals surface area contributed by atoms with E-state index in [0.29, 0.717) is 29.0 Å². The Morgan fingerprint density at radius 3 is 2.71 bits per heavy atom. The Kier molecular flexibility index (Phi) is 6.76. The molecule has 28 heavy (non-hydrogen) atoms. The van der Waals surface area contributed by atoms with E-state index in [1.807, 2.05) is 13.0 Å². The summed E-state index contributed by atoms with van der Waals surface area (Å²) < 4.78 is 10.9. The number of hydrogen-bond acceptors (Lipinski definition) is 7. The fourth-order valence-corrected chi connectivity index (χ4v) is 3.47. The lowest BCUT2D eigenvalue weighted by atomic mass is 10.4. The molecule has 0 aliphatic rings. The molecule has 3 heterocycles. The van der Waals surface area contributed by atoms with Crippen LogP contribution >= 0.6 is 11.8 Å². The number of thioether (sulfide) groups is 1. The summed E-state index contributed by atoms with van der Waals surface area (Å²) in [6.07, 6.45) is 1.57. The van der Waals surface area contributed by atoms with Crippen molar-refractivity contribution in [1.29, 1.82) is 0 Å². The Balaban J connectivity index is 1.59. The number of aryl methyl sites for hydroxylation is 1. The van der Waals surface area contributed by atoms with Crippen LogP contribution in [0.3, 0.4) is 0 Å². The zero-order valence-electron chi connectivity index (χ0n) is 16.3. The first kappa shape index (κ1) is 20.0. The predicted octanol–water partition coefficient (Wildman–Crippen LogP) is 4.04. The van der Waals surface area contributed by atoms with E-state index in [2.05, 4.69) is 34.0 Å². The number of carbonyl (C=O) groups is 1. The maximum Gasteiger partial charge on any atom is 0.287 e. The van der Waals surface area contributed by atoms with E-state index in [1.165, 1.54) is 11.8 Å². The molecule has 0 fully saturated rings. The Morgan fingerprint density at radius 2 is 2.00 bits per heavy atom. The zero-order valence-corrected chi connectivity index (χ0v) is 17.1. The average Bonchev–Trinajstić information content (AvgIpc) is 3.37. The summed E-state index contributed by atoms with van der Waals surface area (Å²) in [4.78, 5) is 23.5. The fourth-order valence-electron chi connectivity index (χ4n) is 2.68. The first-order valence-electron chi connectivity index (χ1n) is 9.21. The minimum absolute atomic E-state index is 0.274. The Labute approximate surface area is 168 Å². The monoisotopic (exact) mass is 400 g/mol. The summed E-state index contributed by atoms with van der Waals surface area (Å²) >= 11 is 1.49. The number of furan rings is 2. The lowest BCUT2D eigenvalue weighted by molar-refractivity contribution is 0.0919. The van der Waals surface area contributed by atoms with Crippen molar-refractivity contribution in [1.82, 2.24) is 15.3 Å². The molecule has 148 valence electrons. The van der Waals surface area contributed by atoms with Crippen LogP contribution in [0.1, 0.15) is 41.6 Å². The molecule has 0 bridgehead atoms. The lowest BCUT2D eigenvalue weighted by Gasteiger charge is -2.20. The molecule has 1 N–H and O–H groups in total. The summed E-state index contributed by atoms with van der Waals surface area (Å²) in [6, 6.07) is 9.05. The lowest BCUT2D eigenvalue weighted by Crippen LogP contribution is -2.23. The minimum Gasteiger partial charge on any atom is -0.467 e. The van der Waals surface area contributed by atoms with Crippen molar-refractivity contribution < 1.29 is 13.6 Å². The summed E-state index contributed by atoms with van der Waals surface area (Å²) in [6.45, 7) is 8.29. The van der Waals surface area contributed by atoms with Gasteiger partial charge in [-0.1, -0.05) is 11.8 Å². The van der Waals surface area contributed by atoms with E-state index in [0.717, 1.165) is 24.6 Å². The normalized spacial score (nSPS) is 10.8. The van der Waals surface area contributed by atoms with Crippen molar-refractivity contribution in [2.75, 3.05) is 18.0 Å². The van der Waals surface area contributed by atoms with Crippen LogP contribution in [0.4, 0.5) is 5.82 Å². The minimum atomic E-state index is -0.275.